The summed E-state index contributed by atoms with van der Waals surface area (Å²) in [4.78, 5) is 34.8. The Bertz CT molecular complexity index is 429. The van der Waals surface area contributed by atoms with Crippen molar-refractivity contribution in [3.05, 3.63) is 0 Å². The van der Waals surface area contributed by atoms with Crippen LogP contribution in [0.5, 0.6) is 0 Å². The average Bonchev–Trinajstić information content (AvgIpc) is 2.31. The number of Topliss-reactive ketones (excluding diaryl/α,β-unsaturated/α-hetero) is 1. The molecule has 0 aromatic heterocycles. The highest BCUT2D eigenvalue weighted by molar-refractivity contribution is 6.67. The van der Waals surface area contributed by atoms with Crippen LogP contribution in [0.2, 0.25) is 0 Å². The Morgan fingerprint density at radius 2 is 1.70 bits per heavy atom. The van der Waals surface area contributed by atoms with Gasteiger partial charge in [-0.15, -0.1) is 0 Å². The molecule has 0 aliphatic heterocycles. The summed E-state index contributed by atoms with van der Waals surface area (Å²) in [6.07, 6.45) is 0.122. The lowest BCUT2D eigenvalue weighted by atomic mass is 10.1. The molecule has 0 spiro atoms. The van der Waals surface area contributed by atoms with Crippen LogP contribution < -0.4 is 5.32 Å². The molecule has 0 bridgehead atoms. The van der Waals surface area contributed by atoms with Crippen LogP contribution in [0, 0.1) is 0 Å². The summed E-state index contributed by atoms with van der Waals surface area (Å²) < 4.78 is 8.21. The normalized spacial score (nSPS) is 13.2. The third-order valence-electron chi connectivity index (χ3n) is 2.38. The SMILES string of the molecule is CC(=O)CCC[C@H](NC(=O)OC(C)(C)C)C(=O)OCC(Cl)(Cl)Cl. The Morgan fingerprint density at radius 3 is 2.13 bits per heavy atom. The summed E-state index contributed by atoms with van der Waals surface area (Å²) in [7, 11) is 0. The molecule has 1 N–H and O–H groups in total. The predicted octanol–water partition coefficient (Wildman–Crippen LogP) is 3.55. The van der Waals surface area contributed by atoms with Gasteiger partial charge < -0.3 is 19.6 Å². The minimum atomic E-state index is -1.74. The van der Waals surface area contributed by atoms with Crippen molar-refractivity contribution < 1.29 is 23.9 Å². The highest BCUT2D eigenvalue weighted by Gasteiger charge is 2.28. The number of hydrogen-bond donors (Lipinski definition) is 1. The zero-order valence-corrected chi connectivity index (χ0v) is 15.8. The second-order valence-electron chi connectivity index (χ2n) is 6.02. The van der Waals surface area contributed by atoms with Gasteiger partial charge in [0.05, 0.1) is 0 Å². The molecule has 1 amide bonds. The van der Waals surface area contributed by atoms with Gasteiger partial charge >= 0.3 is 12.1 Å². The molecule has 0 unspecified atom stereocenters. The molecule has 0 aliphatic carbocycles. The predicted molar refractivity (Wildman–Crippen MR) is 88.9 cm³/mol. The molecule has 0 radical (unpaired) electrons. The molecule has 0 saturated heterocycles. The quantitative estimate of drug-likeness (QED) is 0.531. The number of ether oxygens (including phenoxy) is 2. The van der Waals surface area contributed by atoms with Gasteiger partial charge in [-0.05, 0) is 40.5 Å². The van der Waals surface area contributed by atoms with E-state index in [9.17, 15) is 14.4 Å². The molecular weight excluding hydrogens is 369 g/mol. The fourth-order valence-corrected chi connectivity index (χ4v) is 1.67. The van der Waals surface area contributed by atoms with E-state index in [0.29, 0.717) is 6.42 Å². The van der Waals surface area contributed by atoms with Crippen molar-refractivity contribution in [1.29, 1.82) is 0 Å². The lowest BCUT2D eigenvalue weighted by Crippen LogP contribution is -2.44. The van der Waals surface area contributed by atoms with Crippen molar-refractivity contribution in [3.8, 4) is 0 Å². The van der Waals surface area contributed by atoms with Gasteiger partial charge in [0.1, 0.15) is 24.0 Å². The number of carbonyl (C=O) groups excluding carboxylic acids is 3. The number of rotatable bonds is 7. The van der Waals surface area contributed by atoms with Crippen LogP contribution in [0.4, 0.5) is 4.79 Å². The first-order valence-corrected chi connectivity index (χ1v) is 8.16. The molecule has 0 aromatic rings. The van der Waals surface area contributed by atoms with Crippen LogP contribution in [0.3, 0.4) is 0 Å². The molecule has 1 atom stereocenters. The first-order chi connectivity index (χ1) is 10.3. The highest BCUT2D eigenvalue weighted by atomic mass is 35.6. The average molecular weight is 391 g/mol. The smallest absolute Gasteiger partial charge is 0.408 e. The second kappa shape index (κ2) is 9.55. The number of ketones is 1. The van der Waals surface area contributed by atoms with Crippen molar-refractivity contribution in [2.45, 2.75) is 62.4 Å². The topological polar surface area (TPSA) is 81.7 Å². The monoisotopic (exact) mass is 389 g/mol. The van der Waals surface area contributed by atoms with Crippen molar-refractivity contribution in [1.82, 2.24) is 5.32 Å². The Kier molecular flexibility index (Phi) is 9.25. The maximum absolute atomic E-state index is 12.0. The minimum absolute atomic E-state index is 0.0179. The summed E-state index contributed by atoms with van der Waals surface area (Å²) in [5.41, 5.74) is -0.713. The van der Waals surface area contributed by atoms with Crippen LogP contribution in [0.25, 0.3) is 0 Å². The third kappa shape index (κ3) is 13.4. The van der Waals surface area contributed by atoms with E-state index in [-0.39, 0.29) is 18.6 Å². The van der Waals surface area contributed by atoms with Gasteiger partial charge in [0, 0.05) is 6.42 Å². The second-order valence-corrected chi connectivity index (χ2v) is 8.53. The number of esters is 1. The van der Waals surface area contributed by atoms with Crippen LogP contribution in [-0.2, 0) is 19.1 Å². The van der Waals surface area contributed by atoms with Crippen molar-refractivity contribution >= 4 is 52.6 Å². The Balaban J connectivity index is 4.69. The first-order valence-electron chi connectivity index (χ1n) is 7.02. The molecule has 6 nitrogen and oxygen atoms in total. The van der Waals surface area contributed by atoms with Gasteiger partial charge in [0.2, 0.25) is 3.79 Å². The molecule has 0 rings (SSSR count). The number of carbonyl (C=O) groups is 3. The summed E-state index contributed by atoms with van der Waals surface area (Å²) in [5.74, 6) is -0.776. The van der Waals surface area contributed by atoms with E-state index in [4.69, 9.17) is 44.3 Å². The Morgan fingerprint density at radius 1 is 1.13 bits per heavy atom. The minimum Gasteiger partial charge on any atom is -0.460 e. The maximum Gasteiger partial charge on any atom is 0.408 e. The fourth-order valence-electron chi connectivity index (χ4n) is 1.51. The van der Waals surface area contributed by atoms with E-state index < -0.39 is 34.1 Å². The number of amides is 1. The Hall–Kier alpha value is -0.720. The molecule has 0 aromatic carbocycles. The molecule has 0 fully saturated rings. The molecule has 0 heterocycles. The van der Waals surface area contributed by atoms with Crippen molar-refractivity contribution in [2.24, 2.45) is 0 Å². The molecule has 0 saturated carbocycles. The molecule has 0 aliphatic rings. The van der Waals surface area contributed by atoms with E-state index in [1.165, 1.54) is 6.92 Å². The van der Waals surface area contributed by atoms with Crippen LogP contribution >= 0.6 is 34.8 Å². The van der Waals surface area contributed by atoms with Gasteiger partial charge in [-0.2, -0.15) is 0 Å². The van der Waals surface area contributed by atoms with Crippen LogP contribution in [-0.4, -0.2) is 39.9 Å². The number of halogens is 3. The van der Waals surface area contributed by atoms with E-state index in [2.05, 4.69) is 5.32 Å². The summed E-state index contributed by atoms with van der Waals surface area (Å²) in [5, 5.41) is 2.41. The maximum atomic E-state index is 12.0. The van der Waals surface area contributed by atoms with Gasteiger partial charge in [-0.1, -0.05) is 34.8 Å². The van der Waals surface area contributed by atoms with Crippen LogP contribution in [0.15, 0.2) is 0 Å². The van der Waals surface area contributed by atoms with Gasteiger partial charge in [0.25, 0.3) is 0 Å². The number of alkyl halides is 3. The molecule has 134 valence electrons. The van der Waals surface area contributed by atoms with Crippen molar-refractivity contribution in [3.63, 3.8) is 0 Å². The lowest BCUT2D eigenvalue weighted by Gasteiger charge is -2.23. The summed E-state index contributed by atoms with van der Waals surface area (Å²) >= 11 is 16.6. The number of nitrogens with one attached hydrogen (secondary N) is 1. The standard InChI is InChI=1S/C14H22Cl3NO5/c1-9(19)6-5-7-10(11(20)22-8-14(15,16)17)18-12(21)23-13(2,3)4/h10H,5-8H2,1-4H3,(H,18,21)/t10-/m0/s1. The number of hydrogen-bond acceptors (Lipinski definition) is 5. The van der Waals surface area contributed by atoms with E-state index in [1.807, 2.05) is 0 Å². The van der Waals surface area contributed by atoms with E-state index in [1.54, 1.807) is 20.8 Å². The largest absolute Gasteiger partial charge is 0.460 e. The molecular formula is C14H22Cl3NO5. The molecule has 23 heavy (non-hydrogen) atoms. The van der Waals surface area contributed by atoms with E-state index >= 15 is 0 Å². The van der Waals surface area contributed by atoms with Gasteiger partial charge in [-0.3, -0.25) is 0 Å². The van der Waals surface area contributed by atoms with Gasteiger partial charge in [0.15, 0.2) is 0 Å². The Labute approximate surface area is 151 Å². The van der Waals surface area contributed by atoms with Gasteiger partial charge in [-0.25, -0.2) is 9.59 Å². The fraction of sp³-hybridized carbons (Fsp3) is 0.786. The zero-order chi connectivity index (χ0) is 18.3. The summed E-state index contributed by atoms with van der Waals surface area (Å²) in [6, 6.07) is -0.989. The van der Waals surface area contributed by atoms with Crippen molar-refractivity contribution in [2.75, 3.05) is 6.61 Å². The number of alkyl carbamates (subject to hydrolysis) is 1. The third-order valence-corrected chi connectivity index (χ3v) is 2.70. The summed E-state index contributed by atoms with van der Waals surface area (Å²) in [6.45, 7) is 6.07. The van der Waals surface area contributed by atoms with Crippen LogP contribution in [0.1, 0.15) is 47.0 Å². The lowest BCUT2D eigenvalue weighted by molar-refractivity contribution is -0.146. The highest BCUT2D eigenvalue weighted by Crippen LogP contribution is 2.26. The van der Waals surface area contributed by atoms with E-state index in [0.717, 1.165) is 0 Å². The molecule has 9 heteroatoms. The first kappa shape index (κ1) is 22.3. The zero-order valence-electron chi connectivity index (χ0n) is 13.6.